The topological polar surface area (TPSA) is 63.4 Å². The van der Waals surface area contributed by atoms with Gasteiger partial charge in [-0.05, 0) is 35.0 Å². The van der Waals surface area contributed by atoms with Gasteiger partial charge in [0.25, 0.3) is 10.0 Å². The van der Waals surface area contributed by atoms with E-state index in [2.05, 4.69) is 20.9 Å². The first-order valence-corrected chi connectivity index (χ1v) is 8.57. The molecule has 104 valence electrons. The standard InChI is InChI=1S/C10H10BrClN2O3S2/c1-6-9(18-10(12)13-6)19(15,16)14(2)5-7-3-4-8(11)17-7/h3-4H,5H2,1-2H3. The summed E-state index contributed by atoms with van der Waals surface area (Å²) < 4.78 is 32.2. The fourth-order valence-corrected chi connectivity index (χ4v) is 4.88. The molecule has 2 heterocycles. The van der Waals surface area contributed by atoms with Gasteiger partial charge in [-0.3, -0.25) is 0 Å². The van der Waals surface area contributed by atoms with Crippen LogP contribution in [0, 0.1) is 6.92 Å². The van der Waals surface area contributed by atoms with Gasteiger partial charge in [-0.15, -0.1) is 0 Å². The Morgan fingerprint density at radius 1 is 1.53 bits per heavy atom. The number of sulfonamides is 1. The summed E-state index contributed by atoms with van der Waals surface area (Å²) in [7, 11) is -2.12. The van der Waals surface area contributed by atoms with Crippen LogP contribution < -0.4 is 0 Å². The first-order valence-electron chi connectivity index (χ1n) is 5.14. The highest BCUT2D eigenvalue weighted by Crippen LogP contribution is 2.29. The SMILES string of the molecule is Cc1nc(Cl)sc1S(=O)(=O)N(C)Cc1ccc(Br)o1. The molecule has 0 aliphatic carbocycles. The average Bonchev–Trinajstić information content (AvgIpc) is 2.85. The number of rotatable bonds is 4. The molecule has 2 rings (SSSR count). The van der Waals surface area contributed by atoms with E-state index < -0.39 is 10.0 Å². The van der Waals surface area contributed by atoms with Gasteiger partial charge in [0, 0.05) is 7.05 Å². The van der Waals surface area contributed by atoms with Gasteiger partial charge >= 0.3 is 0 Å². The molecule has 0 fully saturated rings. The van der Waals surface area contributed by atoms with Crippen LogP contribution in [0.1, 0.15) is 11.5 Å². The van der Waals surface area contributed by atoms with Gasteiger partial charge in [-0.2, -0.15) is 4.31 Å². The molecule has 2 aromatic rings. The molecule has 0 amide bonds. The molecule has 0 radical (unpaired) electrons. The van der Waals surface area contributed by atoms with Crippen molar-refractivity contribution in [1.82, 2.24) is 9.29 Å². The molecule has 2 aromatic heterocycles. The molecule has 0 saturated heterocycles. The highest BCUT2D eigenvalue weighted by Gasteiger charge is 2.27. The minimum atomic E-state index is -3.61. The van der Waals surface area contributed by atoms with Crippen molar-refractivity contribution < 1.29 is 12.8 Å². The average molecular weight is 386 g/mol. The summed E-state index contributed by atoms with van der Waals surface area (Å²) >= 11 is 9.86. The minimum Gasteiger partial charge on any atom is -0.453 e. The monoisotopic (exact) mass is 384 g/mol. The second-order valence-electron chi connectivity index (χ2n) is 3.81. The van der Waals surface area contributed by atoms with E-state index in [1.165, 1.54) is 11.4 Å². The summed E-state index contributed by atoms with van der Waals surface area (Å²) in [5, 5.41) is 0. The zero-order chi connectivity index (χ0) is 14.2. The Morgan fingerprint density at radius 2 is 2.21 bits per heavy atom. The lowest BCUT2D eigenvalue weighted by Crippen LogP contribution is -2.26. The van der Waals surface area contributed by atoms with Gasteiger partial charge in [0.05, 0.1) is 12.2 Å². The van der Waals surface area contributed by atoms with Crippen molar-refractivity contribution in [2.45, 2.75) is 17.7 Å². The predicted octanol–water partition coefficient (Wildman–Crippen LogP) is 3.28. The zero-order valence-corrected chi connectivity index (χ0v) is 14.0. The van der Waals surface area contributed by atoms with Gasteiger partial charge < -0.3 is 4.42 Å². The van der Waals surface area contributed by atoms with E-state index >= 15 is 0 Å². The molecule has 0 aliphatic heterocycles. The highest BCUT2D eigenvalue weighted by molar-refractivity contribution is 9.10. The lowest BCUT2D eigenvalue weighted by molar-refractivity contribution is 0.399. The number of hydrogen-bond acceptors (Lipinski definition) is 5. The quantitative estimate of drug-likeness (QED) is 0.810. The fraction of sp³-hybridized carbons (Fsp3) is 0.300. The van der Waals surface area contributed by atoms with E-state index in [4.69, 9.17) is 16.0 Å². The number of thiazole rings is 1. The summed E-state index contributed by atoms with van der Waals surface area (Å²) in [4.78, 5) is 3.92. The Hall–Kier alpha value is -0.410. The van der Waals surface area contributed by atoms with E-state index in [0.29, 0.717) is 16.1 Å². The maximum atomic E-state index is 12.4. The predicted molar refractivity (Wildman–Crippen MR) is 76.9 cm³/mol. The number of halogens is 2. The molecule has 9 heteroatoms. The van der Waals surface area contributed by atoms with Crippen molar-refractivity contribution >= 4 is 48.9 Å². The van der Waals surface area contributed by atoms with Crippen molar-refractivity contribution in [1.29, 1.82) is 0 Å². The molecule has 19 heavy (non-hydrogen) atoms. The summed E-state index contributed by atoms with van der Waals surface area (Å²) in [6.07, 6.45) is 0. The normalized spacial score (nSPS) is 12.3. The Morgan fingerprint density at radius 3 is 2.68 bits per heavy atom. The minimum absolute atomic E-state index is 0.142. The largest absolute Gasteiger partial charge is 0.453 e. The molecule has 0 saturated carbocycles. The molecule has 0 bridgehead atoms. The van der Waals surface area contributed by atoms with Crippen LogP contribution in [0.25, 0.3) is 0 Å². The Bertz CT molecular complexity index is 695. The van der Waals surface area contributed by atoms with Crippen LogP contribution in [-0.4, -0.2) is 24.8 Å². The smallest absolute Gasteiger partial charge is 0.254 e. The lowest BCUT2D eigenvalue weighted by atomic mass is 10.4. The van der Waals surface area contributed by atoms with Gasteiger partial charge in [-0.25, -0.2) is 13.4 Å². The molecular weight excluding hydrogens is 376 g/mol. The van der Waals surface area contributed by atoms with Crippen molar-refractivity contribution in [2.75, 3.05) is 7.05 Å². The number of aryl methyl sites for hydroxylation is 1. The van der Waals surface area contributed by atoms with Crippen LogP contribution in [0.4, 0.5) is 0 Å². The van der Waals surface area contributed by atoms with Crippen LogP contribution in [0.3, 0.4) is 0 Å². The summed E-state index contributed by atoms with van der Waals surface area (Å²) in [6.45, 7) is 1.76. The van der Waals surface area contributed by atoms with Crippen molar-refractivity contribution in [3.8, 4) is 0 Å². The Labute approximate surface area is 128 Å². The van der Waals surface area contributed by atoms with E-state index in [1.54, 1.807) is 19.1 Å². The third-order valence-corrected chi connectivity index (χ3v) is 6.46. The number of hydrogen-bond donors (Lipinski definition) is 0. The van der Waals surface area contributed by atoms with E-state index in [-0.39, 0.29) is 15.2 Å². The summed E-state index contributed by atoms with van der Waals surface area (Å²) in [5.74, 6) is 0.547. The summed E-state index contributed by atoms with van der Waals surface area (Å²) in [6, 6.07) is 3.42. The Balaban J connectivity index is 2.27. The summed E-state index contributed by atoms with van der Waals surface area (Å²) in [5.41, 5.74) is 0.405. The molecule has 5 nitrogen and oxygen atoms in total. The van der Waals surface area contributed by atoms with Crippen LogP contribution >= 0.6 is 38.9 Å². The maximum absolute atomic E-state index is 12.4. The fourth-order valence-electron chi connectivity index (χ4n) is 1.47. The third-order valence-electron chi connectivity index (χ3n) is 2.38. The van der Waals surface area contributed by atoms with Crippen molar-refractivity contribution in [2.24, 2.45) is 0 Å². The number of aromatic nitrogens is 1. The second kappa shape index (κ2) is 5.53. The van der Waals surface area contributed by atoms with E-state index in [1.807, 2.05) is 0 Å². The van der Waals surface area contributed by atoms with E-state index in [9.17, 15) is 8.42 Å². The Kier molecular flexibility index (Phi) is 4.36. The molecule has 0 aromatic carbocycles. The van der Waals surface area contributed by atoms with Crippen LogP contribution in [0.15, 0.2) is 25.4 Å². The molecule has 0 aliphatic rings. The first kappa shape index (κ1) is 15.0. The van der Waals surface area contributed by atoms with Crippen molar-refractivity contribution in [3.63, 3.8) is 0 Å². The van der Waals surface area contributed by atoms with Crippen LogP contribution in [-0.2, 0) is 16.6 Å². The molecule has 0 unspecified atom stereocenters. The lowest BCUT2D eigenvalue weighted by Gasteiger charge is -2.14. The van der Waals surface area contributed by atoms with Crippen LogP contribution in [0.2, 0.25) is 4.47 Å². The van der Waals surface area contributed by atoms with Gasteiger partial charge in [0.2, 0.25) is 0 Å². The second-order valence-corrected chi connectivity index (χ2v) is 8.41. The maximum Gasteiger partial charge on any atom is 0.254 e. The molecule has 0 atom stereocenters. The van der Waals surface area contributed by atoms with Crippen molar-refractivity contribution in [3.05, 3.63) is 32.7 Å². The van der Waals surface area contributed by atoms with Gasteiger partial charge in [-0.1, -0.05) is 22.9 Å². The third kappa shape index (κ3) is 3.19. The van der Waals surface area contributed by atoms with Crippen LogP contribution in [0.5, 0.6) is 0 Å². The first-order chi connectivity index (χ1) is 8.80. The zero-order valence-electron chi connectivity index (χ0n) is 10.1. The number of furan rings is 1. The highest BCUT2D eigenvalue weighted by atomic mass is 79.9. The van der Waals surface area contributed by atoms with Gasteiger partial charge in [0.1, 0.15) is 5.76 Å². The molecule has 0 N–H and O–H groups in total. The number of nitrogens with zero attached hydrogens (tertiary/aromatic N) is 2. The molecular formula is C10H10BrClN2O3S2. The van der Waals surface area contributed by atoms with Gasteiger partial charge in [0.15, 0.2) is 13.3 Å². The molecule has 0 spiro atoms. The van der Waals surface area contributed by atoms with E-state index in [0.717, 1.165) is 11.3 Å².